The van der Waals surface area contributed by atoms with Crippen LogP contribution in [0.25, 0.3) is 0 Å². The van der Waals surface area contributed by atoms with E-state index in [0.29, 0.717) is 16.6 Å². The monoisotopic (exact) mass is 348 g/mol. The summed E-state index contributed by atoms with van der Waals surface area (Å²) in [5, 5.41) is 9.83. The fraction of sp³-hybridized carbons (Fsp3) is 0.619. The summed E-state index contributed by atoms with van der Waals surface area (Å²) >= 11 is 0. The van der Waals surface area contributed by atoms with Gasteiger partial charge < -0.3 is 9.53 Å². The first kappa shape index (κ1) is 21.1. The van der Waals surface area contributed by atoms with E-state index in [1.165, 1.54) is 0 Å². The van der Waals surface area contributed by atoms with Gasteiger partial charge in [0.15, 0.2) is 0 Å². The predicted octanol–water partition coefficient (Wildman–Crippen LogP) is 6.30. The molecule has 1 N–H and O–H groups in total. The van der Waals surface area contributed by atoms with Gasteiger partial charge in [-0.2, -0.15) is 0 Å². The highest BCUT2D eigenvalue weighted by Crippen LogP contribution is 2.46. The minimum Gasteiger partial charge on any atom is -0.405 e. The molecule has 24 heavy (non-hydrogen) atoms. The lowest BCUT2D eigenvalue weighted by atomic mass is 9.97. The standard InChI is InChI=1S/C21H36O2Si/c1-14(2)21(20-11-10-18(9)12-19(20)13-22)23-24(15(3)4,16(5)6)17(7)8/h10-12,15-17,21-22H,1,13H2,2-9H3. The first-order valence-corrected chi connectivity index (χ1v) is 11.2. The van der Waals surface area contributed by atoms with E-state index in [1.54, 1.807) is 0 Å². The Bertz CT molecular complexity index is 539. The second-order valence-electron chi connectivity index (χ2n) is 8.02. The summed E-state index contributed by atoms with van der Waals surface area (Å²) in [5.41, 5.74) is 5.72. The minimum absolute atomic E-state index is 0.0315. The predicted molar refractivity (Wildman–Crippen MR) is 107 cm³/mol. The molecule has 0 aliphatic carbocycles. The number of aliphatic hydroxyl groups excluding tert-OH is 1. The fourth-order valence-corrected chi connectivity index (χ4v) is 9.72. The summed E-state index contributed by atoms with van der Waals surface area (Å²) in [6, 6.07) is 6.25. The summed E-state index contributed by atoms with van der Waals surface area (Å²) < 4.78 is 6.98. The summed E-state index contributed by atoms with van der Waals surface area (Å²) in [4.78, 5) is 0. The van der Waals surface area contributed by atoms with Crippen molar-refractivity contribution in [2.24, 2.45) is 0 Å². The van der Waals surface area contributed by atoms with Gasteiger partial charge in [0.05, 0.1) is 12.7 Å². The van der Waals surface area contributed by atoms with E-state index in [4.69, 9.17) is 4.43 Å². The van der Waals surface area contributed by atoms with Crippen LogP contribution in [0.5, 0.6) is 0 Å². The van der Waals surface area contributed by atoms with Crippen LogP contribution in [0.1, 0.15) is 71.3 Å². The fourth-order valence-electron chi connectivity index (χ4n) is 4.17. The summed E-state index contributed by atoms with van der Waals surface area (Å²) in [5.74, 6) is 0. The van der Waals surface area contributed by atoms with Crippen molar-refractivity contribution in [2.45, 2.75) is 84.7 Å². The van der Waals surface area contributed by atoms with Crippen LogP contribution < -0.4 is 0 Å². The summed E-state index contributed by atoms with van der Waals surface area (Å²) in [6.45, 7) is 22.1. The van der Waals surface area contributed by atoms with Crippen molar-refractivity contribution in [1.29, 1.82) is 0 Å². The van der Waals surface area contributed by atoms with E-state index >= 15 is 0 Å². The zero-order chi connectivity index (χ0) is 18.7. The third-order valence-electron chi connectivity index (χ3n) is 5.23. The maximum absolute atomic E-state index is 9.83. The molecule has 0 spiro atoms. The Hall–Kier alpha value is -0.903. The molecule has 0 bridgehead atoms. The number of hydrogen-bond donors (Lipinski definition) is 1. The molecule has 0 heterocycles. The molecular weight excluding hydrogens is 312 g/mol. The lowest BCUT2D eigenvalue weighted by Gasteiger charge is -2.45. The molecule has 0 saturated heterocycles. The molecule has 0 amide bonds. The van der Waals surface area contributed by atoms with Gasteiger partial charge in [-0.25, -0.2) is 0 Å². The molecule has 1 atom stereocenters. The van der Waals surface area contributed by atoms with Gasteiger partial charge in [0.1, 0.15) is 0 Å². The molecule has 136 valence electrons. The van der Waals surface area contributed by atoms with Crippen molar-refractivity contribution in [3.05, 3.63) is 47.0 Å². The molecule has 0 aliphatic heterocycles. The molecule has 1 aromatic rings. The molecular formula is C21H36O2Si. The smallest absolute Gasteiger partial charge is 0.201 e. The van der Waals surface area contributed by atoms with Crippen LogP contribution in [0.15, 0.2) is 30.4 Å². The number of benzene rings is 1. The van der Waals surface area contributed by atoms with Gasteiger partial charge in [0.2, 0.25) is 8.32 Å². The van der Waals surface area contributed by atoms with Gasteiger partial charge in [-0.05, 0) is 47.2 Å². The number of aliphatic hydroxyl groups is 1. The number of aryl methyl sites for hydroxylation is 1. The molecule has 1 rings (SSSR count). The lowest BCUT2D eigenvalue weighted by Crippen LogP contribution is -2.48. The first-order chi connectivity index (χ1) is 11.1. The molecule has 3 heteroatoms. The van der Waals surface area contributed by atoms with E-state index in [1.807, 2.05) is 6.92 Å². The SMILES string of the molecule is C=C(C)C(O[Si](C(C)C)(C(C)C)C(C)C)c1ccc(C)cc1CO. The minimum atomic E-state index is -2.03. The maximum Gasteiger partial charge on any atom is 0.201 e. The third kappa shape index (κ3) is 4.19. The summed E-state index contributed by atoms with van der Waals surface area (Å²) in [6.07, 6.45) is -0.147. The Labute approximate surface area is 150 Å². The molecule has 1 aromatic carbocycles. The van der Waals surface area contributed by atoms with Crippen molar-refractivity contribution in [3.63, 3.8) is 0 Å². The number of hydrogen-bond acceptors (Lipinski definition) is 2. The zero-order valence-corrected chi connectivity index (χ0v) is 17.8. The van der Waals surface area contributed by atoms with E-state index in [2.05, 4.69) is 73.2 Å². The molecule has 0 aromatic heterocycles. The largest absolute Gasteiger partial charge is 0.405 e. The topological polar surface area (TPSA) is 29.5 Å². The van der Waals surface area contributed by atoms with E-state index in [0.717, 1.165) is 22.3 Å². The van der Waals surface area contributed by atoms with Gasteiger partial charge in [0, 0.05) is 0 Å². The van der Waals surface area contributed by atoms with Gasteiger partial charge in [-0.3, -0.25) is 0 Å². The van der Waals surface area contributed by atoms with Crippen LogP contribution in [-0.2, 0) is 11.0 Å². The zero-order valence-electron chi connectivity index (χ0n) is 16.8. The van der Waals surface area contributed by atoms with Crippen molar-refractivity contribution in [3.8, 4) is 0 Å². The van der Waals surface area contributed by atoms with Gasteiger partial charge in [0.25, 0.3) is 0 Å². The van der Waals surface area contributed by atoms with Crippen LogP contribution in [0.4, 0.5) is 0 Å². The number of rotatable bonds is 8. The van der Waals surface area contributed by atoms with Crippen LogP contribution >= 0.6 is 0 Å². The van der Waals surface area contributed by atoms with Crippen LogP contribution in [0.2, 0.25) is 16.6 Å². The average molecular weight is 349 g/mol. The van der Waals surface area contributed by atoms with Gasteiger partial charge in [-0.15, -0.1) is 0 Å². The molecule has 0 radical (unpaired) electrons. The van der Waals surface area contributed by atoms with Crippen molar-refractivity contribution in [2.75, 3.05) is 0 Å². The van der Waals surface area contributed by atoms with Gasteiger partial charge >= 0.3 is 0 Å². The second-order valence-corrected chi connectivity index (χ2v) is 13.4. The quantitative estimate of drug-likeness (QED) is 0.441. The Morgan fingerprint density at radius 2 is 1.58 bits per heavy atom. The first-order valence-electron chi connectivity index (χ1n) is 9.11. The Morgan fingerprint density at radius 3 is 1.96 bits per heavy atom. The Morgan fingerprint density at radius 1 is 1.08 bits per heavy atom. The lowest BCUT2D eigenvalue weighted by molar-refractivity contribution is 0.204. The van der Waals surface area contributed by atoms with E-state index in [-0.39, 0.29) is 12.7 Å². The highest BCUT2D eigenvalue weighted by molar-refractivity contribution is 6.77. The molecule has 1 unspecified atom stereocenters. The second kappa shape index (κ2) is 8.46. The average Bonchev–Trinajstić information content (AvgIpc) is 2.47. The summed E-state index contributed by atoms with van der Waals surface area (Å²) in [7, 11) is -2.03. The molecule has 2 nitrogen and oxygen atoms in total. The Balaban J connectivity index is 3.43. The highest BCUT2D eigenvalue weighted by Gasteiger charge is 2.47. The van der Waals surface area contributed by atoms with Crippen LogP contribution in [-0.4, -0.2) is 13.4 Å². The Kier molecular flexibility index (Phi) is 7.45. The van der Waals surface area contributed by atoms with Crippen molar-refractivity contribution >= 4 is 8.32 Å². The highest BCUT2D eigenvalue weighted by atomic mass is 28.4. The van der Waals surface area contributed by atoms with Gasteiger partial charge in [-0.1, -0.05) is 71.9 Å². The normalized spacial score (nSPS) is 13.8. The van der Waals surface area contributed by atoms with Crippen LogP contribution in [0.3, 0.4) is 0 Å². The molecule has 0 fully saturated rings. The van der Waals surface area contributed by atoms with Crippen molar-refractivity contribution in [1.82, 2.24) is 0 Å². The van der Waals surface area contributed by atoms with E-state index < -0.39 is 8.32 Å². The molecule has 0 aliphatic rings. The third-order valence-corrected chi connectivity index (χ3v) is 11.3. The van der Waals surface area contributed by atoms with Crippen LogP contribution in [0, 0.1) is 6.92 Å². The molecule has 0 saturated carbocycles. The van der Waals surface area contributed by atoms with E-state index in [9.17, 15) is 5.11 Å². The maximum atomic E-state index is 9.83. The van der Waals surface area contributed by atoms with Crippen molar-refractivity contribution < 1.29 is 9.53 Å².